The van der Waals surface area contributed by atoms with Gasteiger partial charge in [0.15, 0.2) is 0 Å². The summed E-state index contributed by atoms with van der Waals surface area (Å²) in [6, 6.07) is 14.6. The molecule has 0 aliphatic heterocycles. The van der Waals surface area contributed by atoms with Gasteiger partial charge in [-0.25, -0.2) is 0 Å². The Morgan fingerprint density at radius 2 is 1.71 bits per heavy atom. The molecule has 3 N–H and O–H groups in total. The number of ether oxygens (including phenoxy) is 1. The first kappa shape index (κ1) is 11.5. The molecule has 2 rings (SSSR count). The number of hydrogen-bond donors (Lipinski definition) is 2. The van der Waals surface area contributed by atoms with Crippen molar-refractivity contribution in [3.05, 3.63) is 59.7 Å². The Morgan fingerprint density at radius 1 is 1.06 bits per heavy atom. The summed E-state index contributed by atoms with van der Waals surface area (Å²) >= 11 is 0. The second-order valence-corrected chi connectivity index (χ2v) is 3.81. The van der Waals surface area contributed by atoms with Gasteiger partial charge in [-0.2, -0.15) is 0 Å². The first-order chi connectivity index (χ1) is 8.22. The molecule has 2 aromatic rings. The highest BCUT2D eigenvalue weighted by molar-refractivity contribution is 5.44. The van der Waals surface area contributed by atoms with E-state index in [0.717, 1.165) is 11.1 Å². The lowest BCUT2D eigenvalue weighted by molar-refractivity contribution is 0.215. The van der Waals surface area contributed by atoms with Gasteiger partial charge in [-0.1, -0.05) is 30.3 Å². The van der Waals surface area contributed by atoms with E-state index in [1.807, 2.05) is 36.4 Å². The Bertz CT molecular complexity index is 494. The third-order valence-corrected chi connectivity index (χ3v) is 2.69. The fourth-order valence-corrected chi connectivity index (χ4v) is 1.75. The van der Waals surface area contributed by atoms with Crippen LogP contribution in [0.5, 0.6) is 5.75 Å². The van der Waals surface area contributed by atoms with E-state index in [2.05, 4.69) is 0 Å². The van der Waals surface area contributed by atoms with E-state index in [-0.39, 0.29) is 0 Å². The molecule has 0 aliphatic rings. The first-order valence-electron chi connectivity index (χ1n) is 5.39. The zero-order valence-corrected chi connectivity index (χ0v) is 9.63. The van der Waals surface area contributed by atoms with Crippen molar-refractivity contribution in [1.29, 1.82) is 0 Å². The highest BCUT2D eigenvalue weighted by atomic mass is 16.5. The van der Waals surface area contributed by atoms with Gasteiger partial charge in [0.25, 0.3) is 0 Å². The highest BCUT2D eigenvalue weighted by Gasteiger charge is 2.14. The Hall–Kier alpha value is -2.00. The fourth-order valence-electron chi connectivity index (χ4n) is 1.75. The zero-order valence-electron chi connectivity index (χ0n) is 9.63. The van der Waals surface area contributed by atoms with Crippen LogP contribution in [0.2, 0.25) is 0 Å². The lowest BCUT2D eigenvalue weighted by atomic mass is 10.0. The number of methoxy groups -OCH3 is 1. The van der Waals surface area contributed by atoms with Crippen LogP contribution in [0.4, 0.5) is 5.69 Å². The van der Waals surface area contributed by atoms with Gasteiger partial charge in [0.2, 0.25) is 0 Å². The van der Waals surface area contributed by atoms with Crippen molar-refractivity contribution in [2.24, 2.45) is 0 Å². The van der Waals surface area contributed by atoms with Crippen molar-refractivity contribution in [3.63, 3.8) is 0 Å². The number of rotatable bonds is 3. The second kappa shape index (κ2) is 4.89. The second-order valence-electron chi connectivity index (χ2n) is 3.81. The molecule has 3 heteroatoms. The average molecular weight is 229 g/mol. The van der Waals surface area contributed by atoms with E-state index in [1.165, 1.54) is 0 Å². The molecule has 3 nitrogen and oxygen atoms in total. The maximum atomic E-state index is 10.3. The van der Waals surface area contributed by atoms with Crippen LogP contribution >= 0.6 is 0 Å². The molecule has 0 bridgehead atoms. The Labute approximate surface area is 100 Å². The van der Waals surface area contributed by atoms with Gasteiger partial charge in [0, 0.05) is 11.3 Å². The van der Waals surface area contributed by atoms with Crippen molar-refractivity contribution < 1.29 is 9.84 Å². The minimum absolute atomic E-state index is 0.678. The van der Waals surface area contributed by atoms with Crippen LogP contribution in [-0.2, 0) is 0 Å². The largest absolute Gasteiger partial charge is 0.496 e. The number of anilines is 1. The fraction of sp³-hybridized carbons (Fsp3) is 0.143. The van der Waals surface area contributed by atoms with Gasteiger partial charge in [-0.15, -0.1) is 0 Å². The summed E-state index contributed by atoms with van der Waals surface area (Å²) in [5, 5.41) is 10.3. The molecule has 0 heterocycles. The number of benzene rings is 2. The van der Waals surface area contributed by atoms with Crippen LogP contribution in [-0.4, -0.2) is 12.2 Å². The minimum Gasteiger partial charge on any atom is -0.496 e. The topological polar surface area (TPSA) is 55.5 Å². The number of aliphatic hydroxyl groups excluding tert-OH is 1. The highest BCUT2D eigenvalue weighted by Crippen LogP contribution is 2.29. The van der Waals surface area contributed by atoms with Crippen molar-refractivity contribution >= 4 is 5.69 Å². The van der Waals surface area contributed by atoms with Crippen LogP contribution in [0.3, 0.4) is 0 Å². The average Bonchev–Trinajstić information content (AvgIpc) is 2.39. The maximum absolute atomic E-state index is 10.3. The Morgan fingerprint density at radius 3 is 2.35 bits per heavy atom. The Balaban J connectivity index is 2.36. The van der Waals surface area contributed by atoms with Crippen molar-refractivity contribution in [3.8, 4) is 5.75 Å². The summed E-state index contributed by atoms with van der Waals surface area (Å²) in [5.41, 5.74) is 7.84. The minimum atomic E-state index is -0.702. The van der Waals surface area contributed by atoms with Crippen LogP contribution in [0.1, 0.15) is 17.2 Å². The first-order valence-corrected chi connectivity index (χ1v) is 5.39. The van der Waals surface area contributed by atoms with Gasteiger partial charge in [0.05, 0.1) is 7.11 Å². The summed E-state index contributed by atoms with van der Waals surface area (Å²) in [7, 11) is 1.59. The summed E-state index contributed by atoms with van der Waals surface area (Å²) in [6.07, 6.45) is -0.702. The van der Waals surface area contributed by atoms with Crippen LogP contribution in [0.15, 0.2) is 48.5 Å². The predicted molar refractivity (Wildman–Crippen MR) is 67.9 cm³/mol. The van der Waals surface area contributed by atoms with E-state index >= 15 is 0 Å². The van der Waals surface area contributed by atoms with E-state index in [4.69, 9.17) is 10.5 Å². The van der Waals surface area contributed by atoms with Gasteiger partial charge >= 0.3 is 0 Å². The number of aliphatic hydroxyl groups is 1. The van der Waals surface area contributed by atoms with E-state index < -0.39 is 6.10 Å². The number of nitrogens with two attached hydrogens (primary N) is 1. The molecule has 0 aliphatic carbocycles. The third kappa shape index (κ3) is 2.40. The summed E-state index contributed by atoms with van der Waals surface area (Å²) in [4.78, 5) is 0. The smallest absolute Gasteiger partial charge is 0.125 e. The van der Waals surface area contributed by atoms with Gasteiger partial charge < -0.3 is 15.6 Å². The molecule has 0 fully saturated rings. The van der Waals surface area contributed by atoms with Crippen LogP contribution in [0.25, 0.3) is 0 Å². The standard InChI is InChI=1S/C14H15NO2/c1-17-13-5-3-2-4-12(13)14(16)10-6-8-11(15)9-7-10/h2-9,14,16H,15H2,1H3. The molecule has 0 aromatic heterocycles. The molecule has 0 spiro atoms. The van der Waals surface area contributed by atoms with Crippen molar-refractivity contribution in [2.75, 3.05) is 12.8 Å². The molecule has 2 aromatic carbocycles. The molecule has 0 saturated heterocycles. The SMILES string of the molecule is COc1ccccc1C(O)c1ccc(N)cc1. The van der Waals surface area contributed by atoms with Crippen molar-refractivity contribution in [1.82, 2.24) is 0 Å². The summed E-state index contributed by atoms with van der Waals surface area (Å²) in [6.45, 7) is 0. The molecule has 1 unspecified atom stereocenters. The number of hydrogen-bond acceptors (Lipinski definition) is 3. The third-order valence-electron chi connectivity index (χ3n) is 2.69. The lowest BCUT2D eigenvalue weighted by Crippen LogP contribution is -2.02. The van der Waals surface area contributed by atoms with E-state index in [0.29, 0.717) is 11.4 Å². The quantitative estimate of drug-likeness (QED) is 0.794. The molecule has 88 valence electrons. The maximum Gasteiger partial charge on any atom is 0.125 e. The Kier molecular flexibility index (Phi) is 3.30. The molecule has 0 saturated carbocycles. The molecular formula is C14H15NO2. The van der Waals surface area contributed by atoms with Crippen molar-refractivity contribution in [2.45, 2.75) is 6.10 Å². The normalized spacial score (nSPS) is 12.1. The van der Waals surface area contributed by atoms with Gasteiger partial charge in [0.1, 0.15) is 11.9 Å². The molecular weight excluding hydrogens is 214 g/mol. The van der Waals surface area contributed by atoms with E-state index in [9.17, 15) is 5.11 Å². The molecule has 0 amide bonds. The predicted octanol–water partition coefficient (Wildman–Crippen LogP) is 2.36. The zero-order chi connectivity index (χ0) is 12.3. The van der Waals surface area contributed by atoms with Gasteiger partial charge in [-0.3, -0.25) is 0 Å². The monoisotopic (exact) mass is 229 g/mol. The molecule has 1 atom stereocenters. The number of para-hydroxylation sites is 1. The number of nitrogen functional groups attached to an aromatic ring is 1. The van der Waals surface area contributed by atoms with E-state index in [1.54, 1.807) is 19.2 Å². The lowest BCUT2D eigenvalue weighted by Gasteiger charge is -2.15. The summed E-state index contributed by atoms with van der Waals surface area (Å²) < 4.78 is 5.23. The molecule has 0 radical (unpaired) electrons. The van der Waals surface area contributed by atoms with Gasteiger partial charge in [-0.05, 0) is 23.8 Å². The summed E-state index contributed by atoms with van der Waals surface area (Å²) in [5.74, 6) is 0.678. The van der Waals surface area contributed by atoms with Crippen LogP contribution in [0, 0.1) is 0 Å². The molecule has 17 heavy (non-hydrogen) atoms. The van der Waals surface area contributed by atoms with Crippen LogP contribution < -0.4 is 10.5 Å².